The molecule has 19 heavy (non-hydrogen) atoms. The molecule has 1 unspecified atom stereocenters. The van der Waals surface area contributed by atoms with Crippen molar-refractivity contribution in [3.63, 3.8) is 0 Å². The van der Waals surface area contributed by atoms with Gasteiger partial charge in [0, 0.05) is 25.6 Å². The summed E-state index contributed by atoms with van der Waals surface area (Å²) in [5, 5.41) is 8.91. The van der Waals surface area contributed by atoms with Crippen LogP contribution in [0.3, 0.4) is 0 Å². The number of methoxy groups -OCH3 is 1. The van der Waals surface area contributed by atoms with Crippen LogP contribution in [0.5, 0.6) is 0 Å². The SMILES string of the molecule is CCC(CC)C(=O)N(CCCO)CC(C)C(=O)OC. The molecule has 1 N–H and O–H groups in total. The maximum Gasteiger partial charge on any atom is 0.310 e. The van der Waals surface area contributed by atoms with E-state index >= 15 is 0 Å². The number of nitrogens with zero attached hydrogens (tertiary/aromatic N) is 1. The van der Waals surface area contributed by atoms with Crippen molar-refractivity contribution in [2.45, 2.75) is 40.0 Å². The van der Waals surface area contributed by atoms with E-state index in [1.807, 2.05) is 13.8 Å². The summed E-state index contributed by atoms with van der Waals surface area (Å²) in [4.78, 5) is 25.5. The quantitative estimate of drug-likeness (QED) is 0.646. The van der Waals surface area contributed by atoms with Crippen LogP contribution < -0.4 is 0 Å². The largest absolute Gasteiger partial charge is 0.469 e. The topological polar surface area (TPSA) is 66.8 Å². The van der Waals surface area contributed by atoms with E-state index in [-0.39, 0.29) is 30.3 Å². The van der Waals surface area contributed by atoms with Crippen molar-refractivity contribution >= 4 is 11.9 Å². The van der Waals surface area contributed by atoms with Gasteiger partial charge in [0.25, 0.3) is 0 Å². The second-order valence-electron chi connectivity index (χ2n) is 4.80. The third-order valence-corrected chi connectivity index (χ3v) is 3.33. The van der Waals surface area contributed by atoms with Crippen LogP contribution in [-0.4, -0.2) is 48.7 Å². The first-order chi connectivity index (χ1) is 9.01. The molecule has 112 valence electrons. The standard InChI is InChI=1S/C14H27NO4/c1-5-12(6-2)13(17)15(8-7-9-16)10-11(3)14(18)19-4/h11-12,16H,5-10H2,1-4H3. The summed E-state index contributed by atoms with van der Waals surface area (Å²) < 4.78 is 4.68. The van der Waals surface area contributed by atoms with Gasteiger partial charge in [-0.2, -0.15) is 0 Å². The molecule has 0 saturated heterocycles. The van der Waals surface area contributed by atoms with Crippen LogP contribution >= 0.6 is 0 Å². The van der Waals surface area contributed by atoms with Gasteiger partial charge in [0.05, 0.1) is 13.0 Å². The van der Waals surface area contributed by atoms with E-state index in [9.17, 15) is 9.59 Å². The molecule has 0 aromatic rings. The molecule has 0 saturated carbocycles. The molecule has 5 nitrogen and oxygen atoms in total. The fourth-order valence-corrected chi connectivity index (χ4v) is 2.06. The van der Waals surface area contributed by atoms with Gasteiger partial charge in [0.2, 0.25) is 5.91 Å². The highest BCUT2D eigenvalue weighted by molar-refractivity contribution is 5.80. The summed E-state index contributed by atoms with van der Waals surface area (Å²) in [7, 11) is 1.35. The zero-order chi connectivity index (χ0) is 14.8. The van der Waals surface area contributed by atoms with E-state index < -0.39 is 0 Å². The zero-order valence-electron chi connectivity index (χ0n) is 12.5. The highest BCUT2D eigenvalue weighted by Crippen LogP contribution is 2.14. The maximum atomic E-state index is 12.3. The van der Waals surface area contributed by atoms with Crippen molar-refractivity contribution in [1.82, 2.24) is 4.90 Å². The number of hydrogen-bond donors (Lipinski definition) is 1. The maximum absolute atomic E-state index is 12.3. The normalized spacial score (nSPS) is 12.3. The second-order valence-corrected chi connectivity index (χ2v) is 4.80. The van der Waals surface area contributed by atoms with E-state index in [1.165, 1.54) is 7.11 Å². The molecule has 0 aliphatic heterocycles. The minimum absolute atomic E-state index is 0.0106. The van der Waals surface area contributed by atoms with Crippen molar-refractivity contribution in [3.8, 4) is 0 Å². The number of ether oxygens (including phenoxy) is 1. The monoisotopic (exact) mass is 273 g/mol. The number of hydrogen-bond acceptors (Lipinski definition) is 4. The van der Waals surface area contributed by atoms with Gasteiger partial charge in [0.1, 0.15) is 0 Å². The van der Waals surface area contributed by atoms with E-state index in [4.69, 9.17) is 5.11 Å². The van der Waals surface area contributed by atoms with Crippen LogP contribution in [0.2, 0.25) is 0 Å². The molecule has 0 bridgehead atoms. The molecule has 0 radical (unpaired) electrons. The minimum Gasteiger partial charge on any atom is -0.469 e. The number of aliphatic hydroxyl groups excluding tert-OH is 1. The summed E-state index contributed by atoms with van der Waals surface area (Å²) in [5.41, 5.74) is 0. The molecule has 0 rings (SSSR count). The van der Waals surface area contributed by atoms with E-state index in [0.29, 0.717) is 19.5 Å². The lowest BCUT2D eigenvalue weighted by Gasteiger charge is -2.28. The van der Waals surface area contributed by atoms with Crippen molar-refractivity contribution in [2.75, 3.05) is 26.8 Å². The molecule has 0 heterocycles. The smallest absolute Gasteiger partial charge is 0.310 e. The predicted octanol–water partition coefficient (Wildman–Crippen LogP) is 1.44. The highest BCUT2D eigenvalue weighted by atomic mass is 16.5. The Hall–Kier alpha value is -1.10. The van der Waals surface area contributed by atoms with Gasteiger partial charge in [-0.3, -0.25) is 9.59 Å². The van der Waals surface area contributed by atoms with Crippen LogP contribution in [0, 0.1) is 11.8 Å². The van der Waals surface area contributed by atoms with Crippen molar-refractivity contribution in [3.05, 3.63) is 0 Å². The van der Waals surface area contributed by atoms with Crippen LogP contribution in [0.15, 0.2) is 0 Å². The van der Waals surface area contributed by atoms with Crippen LogP contribution in [0.25, 0.3) is 0 Å². The third kappa shape index (κ3) is 6.05. The van der Waals surface area contributed by atoms with Gasteiger partial charge < -0.3 is 14.7 Å². The summed E-state index contributed by atoms with van der Waals surface area (Å²) in [6.45, 7) is 6.59. The fraction of sp³-hybridized carbons (Fsp3) is 0.857. The Kier molecular flexibility index (Phi) is 9.21. The van der Waals surface area contributed by atoms with Gasteiger partial charge in [0.15, 0.2) is 0 Å². The number of carbonyl (C=O) groups excluding carboxylic acids is 2. The average molecular weight is 273 g/mol. The number of esters is 1. The van der Waals surface area contributed by atoms with Crippen molar-refractivity contribution in [2.24, 2.45) is 11.8 Å². The number of amides is 1. The molecule has 0 spiro atoms. The van der Waals surface area contributed by atoms with Crippen molar-refractivity contribution < 1.29 is 19.4 Å². The summed E-state index contributed by atoms with van der Waals surface area (Å²) in [6.07, 6.45) is 2.11. The first-order valence-electron chi connectivity index (χ1n) is 6.99. The molecule has 0 aromatic heterocycles. The Balaban J connectivity index is 4.69. The van der Waals surface area contributed by atoms with Crippen LogP contribution in [0.1, 0.15) is 40.0 Å². The van der Waals surface area contributed by atoms with Gasteiger partial charge in [-0.25, -0.2) is 0 Å². The Labute approximate surface area is 115 Å². The summed E-state index contributed by atoms with van der Waals surface area (Å²) in [5.74, 6) is -0.605. The minimum atomic E-state index is -0.345. The number of aliphatic hydroxyl groups is 1. The molecular weight excluding hydrogens is 246 g/mol. The van der Waals surface area contributed by atoms with Gasteiger partial charge >= 0.3 is 5.97 Å². The molecule has 1 amide bonds. The molecule has 5 heteroatoms. The molecule has 1 atom stereocenters. The summed E-state index contributed by atoms with van der Waals surface area (Å²) in [6, 6.07) is 0. The van der Waals surface area contributed by atoms with Gasteiger partial charge in [-0.15, -0.1) is 0 Å². The lowest BCUT2D eigenvalue weighted by molar-refractivity contribution is -0.147. The third-order valence-electron chi connectivity index (χ3n) is 3.33. The van der Waals surface area contributed by atoms with Gasteiger partial charge in [-0.1, -0.05) is 20.8 Å². The number of rotatable bonds is 9. The number of carbonyl (C=O) groups is 2. The first kappa shape index (κ1) is 17.9. The molecule has 0 aromatic carbocycles. The lowest BCUT2D eigenvalue weighted by atomic mass is 10.0. The Morgan fingerprint density at radius 1 is 1.26 bits per heavy atom. The molecule has 0 aliphatic carbocycles. The van der Waals surface area contributed by atoms with Gasteiger partial charge in [-0.05, 0) is 19.3 Å². The Morgan fingerprint density at radius 3 is 2.26 bits per heavy atom. The highest BCUT2D eigenvalue weighted by Gasteiger charge is 2.25. The lowest BCUT2D eigenvalue weighted by Crippen LogP contribution is -2.41. The Bertz CT molecular complexity index is 277. The molecule has 0 fully saturated rings. The molecule has 0 aliphatic rings. The summed E-state index contributed by atoms with van der Waals surface area (Å²) >= 11 is 0. The zero-order valence-corrected chi connectivity index (χ0v) is 12.5. The Morgan fingerprint density at radius 2 is 1.84 bits per heavy atom. The van der Waals surface area contributed by atoms with E-state index in [0.717, 1.165) is 12.8 Å². The average Bonchev–Trinajstić information content (AvgIpc) is 2.43. The molecular formula is C14H27NO4. The second kappa shape index (κ2) is 9.78. The van der Waals surface area contributed by atoms with E-state index in [1.54, 1.807) is 11.8 Å². The van der Waals surface area contributed by atoms with Crippen molar-refractivity contribution in [1.29, 1.82) is 0 Å². The van der Waals surface area contributed by atoms with Crippen LogP contribution in [0.4, 0.5) is 0 Å². The predicted molar refractivity (Wildman–Crippen MR) is 73.5 cm³/mol. The fourth-order valence-electron chi connectivity index (χ4n) is 2.06. The first-order valence-corrected chi connectivity index (χ1v) is 6.99. The van der Waals surface area contributed by atoms with E-state index in [2.05, 4.69) is 4.74 Å². The van der Waals surface area contributed by atoms with Crippen LogP contribution in [-0.2, 0) is 14.3 Å².